The van der Waals surface area contributed by atoms with Gasteiger partial charge >= 0.3 is 0 Å². The van der Waals surface area contributed by atoms with E-state index >= 15 is 0 Å². The van der Waals surface area contributed by atoms with Crippen LogP contribution in [0.25, 0.3) is 0 Å². The molecule has 3 aromatic carbocycles. The molecule has 0 heterocycles. The van der Waals surface area contributed by atoms with E-state index in [1.54, 1.807) is 13.0 Å². The van der Waals surface area contributed by atoms with Gasteiger partial charge in [0.1, 0.15) is 18.2 Å². The van der Waals surface area contributed by atoms with Crippen LogP contribution in [0.3, 0.4) is 0 Å². The number of carbonyl (C=O) groups excluding carboxylic acids is 1. The molecular formula is C22H19F2N3O3S. The van der Waals surface area contributed by atoms with Crippen molar-refractivity contribution in [1.82, 2.24) is 5.43 Å². The van der Waals surface area contributed by atoms with Crippen LogP contribution in [0.1, 0.15) is 12.5 Å². The van der Waals surface area contributed by atoms with Crippen LogP contribution in [-0.4, -0.2) is 26.6 Å². The van der Waals surface area contributed by atoms with Gasteiger partial charge in [0.25, 0.3) is 15.9 Å². The molecule has 0 radical (unpaired) electrons. The molecule has 9 heteroatoms. The first-order chi connectivity index (χ1) is 14.8. The Morgan fingerprint density at radius 3 is 2.19 bits per heavy atom. The third kappa shape index (κ3) is 5.32. The quantitative estimate of drug-likeness (QED) is 0.447. The van der Waals surface area contributed by atoms with Gasteiger partial charge in [-0.2, -0.15) is 5.10 Å². The number of halogens is 2. The predicted molar refractivity (Wildman–Crippen MR) is 114 cm³/mol. The molecule has 0 aliphatic carbocycles. The minimum absolute atomic E-state index is 0.0861. The first-order valence-electron chi connectivity index (χ1n) is 9.20. The number of hydrogen-bond acceptors (Lipinski definition) is 4. The molecular weight excluding hydrogens is 424 g/mol. The third-order valence-electron chi connectivity index (χ3n) is 4.35. The second kappa shape index (κ2) is 9.48. The van der Waals surface area contributed by atoms with E-state index in [-0.39, 0.29) is 10.6 Å². The molecule has 0 saturated heterocycles. The number of sulfonamides is 1. The topological polar surface area (TPSA) is 78.8 Å². The highest BCUT2D eigenvalue weighted by Gasteiger charge is 2.29. The van der Waals surface area contributed by atoms with E-state index in [9.17, 15) is 22.0 Å². The summed E-state index contributed by atoms with van der Waals surface area (Å²) in [6, 6.07) is 18.2. The van der Waals surface area contributed by atoms with Crippen molar-refractivity contribution in [3.63, 3.8) is 0 Å². The van der Waals surface area contributed by atoms with Crippen LogP contribution in [0.4, 0.5) is 14.5 Å². The fraction of sp³-hybridized carbons (Fsp3) is 0.0909. The van der Waals surface area contributed by atoms with E-state index in [1.807, 2.05) is 0 Å². The third-order valence-corrected chi connectivity index (χ3v) is 6.12. The smallest absolute Gasteiger partial charge is 0.264 e. The average Bonchev–Trinajstić information content (AvgIpc) is 2.77. The summed E-state index contributed by atoms with van der Waals surface area (Å²) in [5, 5.41) is 3.93. The highest BCUT2D eigenvalue weighted by molar-refractivity contribution is 7.92. The van der Waals surface area contributed by atoms with Gasteiger partial charge in [0.2, 0.25) is 0 Å². The summed E-state index contributed by atoms with van der Waals surface area (Å²) in [7, 11) is -4.22. The van der Waals surface area contributed by atoms with Gasteiger partial charge in [0.05, 0.1) is 16.3 Å². The van der Waals surface area contributed by atoms with Crippen LogP contribution in [0, 0.1) is 11.6 Å². The van der Waals surface area contributed by atoms with Crippen LogP contribution >= 0.6 is 0 Å². The van der Waals surface area contributed by atoms with Crippen molar-refractivity contribution in [1.29, 1.82) is 0 Å². The number of nitrogens with one attached hydrogen (secondary N) is 1. The number of benzene rings is 3. The monoisotopic (exact) mass is 443 g/mol. The second-order valence-electron chi connectivity index (χ2n) is 6.52. The van der Waals surface area contributed by atoms with Crippen molar-refractivity contribution in [2.75, 3.05) is 10.8 Å². The average molecular weight is 443 g/mol. The Kier molecular flexibility index (Phi) is 6.76. The summed E-state index contributed by atoms with van der Waals surface area (Å²) in [5.74, 6) is -1.97. The Labute approximate surface area is 178 Å². The van der Waals surface area contributed by atoms with Crippen molar-refractivity contribution >= 4 is 27.3 Å². The fourth-order valence-electron chi connectivity index (χ4n) is 2.74. The summed E-state index contributed by atoms with van der Waals surface area (Å²) >= 11 is 0. The van der Waals surface area contributed by atoms with Crippen LogP contribution in [0.5, 0.6) is 0 Å². The zero-order chi connectivity index (χ0) is 22.4. The standard InChI is InChI=1S/C22H19F2N3O3S/c1-16(17-11-13-18(23)14-12-17)25-26-22(28)15-27(21-10-6-5-9-20(21)24)31(29,30)19-7-3-2-4-8-19/h2-14H,15H2,1H3,(H,26,28)/b25-16-. The van der Waals surface area contributed by atoms with Gasteiger partial charge in [0.15, 0.2) is 0 Å². The fourth-order valence-corrected chi connectivity index (χ4v) is 4.19. The highest BCUT2D eigenvalue weighted by Crippen LogP contribution is 2.25. The van der Waals surface area contributed by atoms with Crippen molar-refractivity contribution in [3.8, 4) is 0 Å². The Hall–Kier alpha value is -3.59. The van der Waals surface area contributed by atoms with Gasteiger partial charge in [-0.15, -0.1) is 0 Å². The van der Waals surface area contributed by atoms with E-state index in [4.69, 9.17) is 0 Å². The van der Waals surface area contributed by atoms with Gasteiger partial charge in [-0.05, 0) is 48.9 Å². The molecule has 0 bridgehead atoms. The van der Waals surface area contributed by atoms with Crippen molar-refractivity contribution in [2.24, 2.45) is 5.10 Å². The molecule has 0 spiro atoms. The molecule has 0 atom stereocenters. The van der Waals surface area contributed by atoms with Crippen molar-refractivity contribution < 1.29 is 22.0 Å². The van der Waals surface area contributed by atoms with Crippen molar-refractivity contribution in [3.05, 3.63) is 96.1 Å². The molecule has 1 amide bonds. The number of amides is 1. The summed E-state index contributed by atoms with van der Waals surface area (Å²) in [4.78, 5) is 12.4. The molecule has 0 saturated carbocycles. The number of para-hydroxylation sites is 1. The highest BCUT2D eigenvalue weighted by atomic mass is 32.2. The van der Waals surface area contributed by atoms with E-state index in [2.05, 4.69) is 10.5 Å². The number of hydrazone groups is 1. The molecule has 0 aromatic heterocycles. The summed E-state index contributed by atoms with van der Waals surface area (Å²) < 4.78 is 54.4. The summed E-state index contributed by atoms with van der Waals surface area (Å²) in [6.45, 7) is 0.904. The Morgan fingerprint density at radius 2 is 1.55 bits per heavy atom. The van der Waals surface area contributed by atoms with E-state index in [0.717, 1.165) is 6.07 Å². The zero-order valence-electron chi connectivity index (χ0n) is 16.5. The van der Waals surface area contributed by atoms with Gasteiger partial charge in [-0.1, -0.05) is 42.5 Å². The lowest BCUT2D eigenvalue weighted by Gasteiger charge is -2.24. The molecule has 6 nitrogen and oxygen atoms in total. The van der Waals surface area contributed by atoms with Gasteiger partial charge in [0, 0.05) is 0 Å². The molecule has 3 rings (SSSR count). The van der Waals surface area contributed by atoms with E-state index in [1.165, 1.54) is 66.7 Å². The second-order valence-corrected chi connectivity index (χ2v) is 8.38. The summed E-state index contributed by atoms with van der Waals surface area (Å²) in [5.41, 5.74) is 2.96. The Bertz CT molecular complexity index is 1200. The zero-order valence-corrected chi connectivity index (χ0v) is 17.3. The largest absolute Gasteiger partial charge is 0.271 e. The number of hydrogen-bond donors (Lipinski definition) is 1. The number of rotatable bonds is 7. The van der Waals surface area contributed by atoms with Gasteiger partial charge in [-0.3, -0.25) is 9.10 Å². The lowest BCUT2D eigenvalue weighted by atomic mass is 10.1. The van der Waals surface area contributed by atoms with Crippen molar-refractivity contribution in [2.45, 2.75) is 11.8 Å². The van der Waals surface area contributed by atoms with E-state index in [0.29, 0.717) is 15.6 Å². The number of carbonyl (C=O) groups is 1. The minimum Gasteiger partial charge on any atom is -0.271 e. The van der Waals surface area contributed by atoms with Crippen LogP contribution in [-0.2, 0) is 14.8 Å². The Morgan fingerprint density at radius 1 is 0.935 bits per heavy atom. The normalized spacial score (nSPS) is 11.8. The SMILES string of the molecule is C/C(=N/NC(=O)CN(c1ccccc1F)S(=O)(=O)c1ccccc1)c1ccc(F)cc1. The number of nitrogens with zero attached hydrogens (tertiary/aromatic N) is 2. The maximum Gasteiger partial charge on any atom is 0.264 e. The molecule has 1 N–H and O–H groups in total. The molecule has 0 fully saturated rings. The van der Waals surface area contributed by atoms with Gasteiger partial charge < -0.3 is 0 Å². The maximum absolute atomic E-state index is 14.4. The van der Waals surface area contributed by atoms with E-state index < -0.39 is 34.1 Å². The molecule has 3 aromatic rings. The van der Waals surface area contributed by atoms with Crippen LogP contribution in [0.15, 0.2) is 88.9 Å². The first kappa shape index (κ1) is 22.1. The lowest BCUT2D eigenvalue weighted by Crippen LogP contribution is -2.40. The lowest BCUT2D eigenvalue weighted by molar-refractivity contribution is -0.119. The molecule has 160 valence electrons. The summed E-state index contributed by atoms with van der Waals surface area (Å²) in [6.07, 6.45) is 0. The number of anilines is 1. The van der Waals surface area contributed by atoms with Crippen LogP contribution in [0.2, 0.25) is 0 Å². The predicted octanol–water partition coefficient (Wildman–Crippen LogP) is 3.70. The molecule has 0 aliphatic rings. The molecule has 0 unspecified atom stereocenters. The van der Waals surface area contributed by atoms with Gasteiger partial charge in [-0.25, -0.2) is 22.6 Å². The minimum atomic E-state index is -4.22. The molecule has 0 aliphatic heterocycles. The maximum atomic E-state index is 14.4. The first-order valence-corrected chi connectivity index (χ1v) is 10.6. The molecule has 31 heavy (non-hydrogen) atoms. The Balaban J connectivity index is 1.87. The van der Waals surface area contributed by atoms with Crippen LogP contribution < -0.4 is 9.73 Å².